The number of carbonyl (C=O) groups is 1. The summed E-state index contributed by atoms with van der Waals surface area (Å²) in [7, 11) is 0. The molecule has 19 heavy (non-hydrogen) atoms. The fraction of sp³-hybridized carbons (Fsp3) is 0.417. The van der Waals surface area contributed by atoms with Crippen molar-refractivity contribution in [2.24, 2.45) is 0 Å². The van der Waals surface area contributed by atoms with Crippen LogP contribution in [0.15, 0.2) is 18.2 Å². The number of nitrogens with zero attached hydrogens (tertiary/aromatic N) is 1. The van der Waals surface area contributed by atoms with E-state index in [-0.39, 0.29) is 5.69 Å². The number of hydrogen-bond donors (Lipinski definition) is 2. The van der Waals surface area contributed by atoms with Crippen LogP contribution in [0.4, 0.5) is 11.4 Å². The van der Waals surface area contributed by atoms with Crippen LogP contribution >= 0.6 is 22.6 Å². The molecule has 0 amide bonds. The molecule has 1 atom stereocenters. The van der Waals surface area contributed by atoms with Gasteiger partial charge in [0.05, 0.1) is 4.92 Å². The van der Waals surface area contributed by atoms with Gasteiger partial charge in [-0.2, -0.15) is 0 Å². The Morgan fingerprint density at radius 1 is 1.58 bits per heavy atom. The topological polar surface area (TPSA) is 92.5 Å². The van der Waals surface area contributed by atoms with Crippen molar-refractivity contribution in [3.8, 4) is 0 Å². The highest BCUT2D eigenvalue weighted by Crippen LogP contribution is 2.28. The molecule has 7 heteroatoms. The minimum atomic E-state index is -1.08. The van der Waals surface area contributed by atoms with Crippen LogP contribution in [-0.4, -0.2) is 21.5 Å². The molecule has 0 saturated heterocycles. The van der Waals surface area contributed by atoms with Crippen molar-refractivity contribution >= 4 is 39.9 Å². The summed E-state index contributed by atoms with van der Waals surface area (Å²) in [6.07, 6.45) is 1.19. The number of carboxylic acid groups (broad SMARTS) is 1. The summed E-state index contributed by atoms with van der Waals surface area (Å²) in [5, 5.41) is 22.9. The molecule has 1 aromatic carbocycles. The summed E-state index contributed by atoms with van der Waals surface area (Å²) < 4.78 is 0.621. The number of anilines is 1. The predicted molar refractivity (Wildman–Crippen MR) is 80.4 cm³/mol. The number of aliphatic carboxylic acids is 1. The Morgan fingerprint density at radius 2 is 2.21 bits per heavy atom. The lowest BCUT2D eigenvalue weighted by Gasteiger charge is -2.27. The second kappa shape index (κ2) is 6.18. The Labute approximate surface area is 124 Å². The molecule has 0 spiro atoms. The molecule has 1 unspecified atom stereocenters. The van der Waals surface area contributed by atoms with Crippen LogP contribution < -0.4 is 5.32 Å². The van der Waals surface area contributed by atoms with Crippen molar-refractivity contribution in [2.45, 2.75) is 32.2 Å². The Balaban J connectivity index is 3.04. The van der Waals surface area contributed by atoms with Crippen LogP contribution in [0, 0.1) is 13.7 Å². The Bertz CT molecular complexity index is 507. The lowest BCUT2D eigenvalue weighted by Crippen LogP contribution is -2.43. The zero-order valence-electron chi connectivity index (χ0n) is 10.6. The maximum Gasteiger partial charge on any atom is 0.329 e. The van der Waals surface area contributed by atoms with Crippen LogP contribution in [0.2, 0.25) is 0 Å². The molecule has 0 aliphatic carbocycles. The first-order chi connectivity index (χ1) is 8.80. The Kier molecular flexibility index (Phi) is 5.10. The maximum atomic E-state index is 11.3. The largest absolute Gasteiger partial charge is 0.480 e. The summed E-state index contributed by atoms with van der Waals surface area (Å²) in [6.45, 7) is 3.51. The fourth-order valence-electron chi connectivity index (χ4n) is 1.74. The molecule has 0 bridgehead atoms. The minimum absolute atomic E-state index is 0.0116. The first kappa shape index (κ1) is 15.7. The van der Waals surface area contributed by atoms with Crippen LogP contribution in [0.1, 0.15) is 26.7 Å². The van der Waals surface area contributed by atoms with Gasteiger partial charge in [-0.3, -0.25) is 10.1 Å². The van der Waals surface area contributed by atoms with E-state index in [1.165, 1.54) is 18.2 Å². The second-order valence-corrected chi connectivity index (χ2v) is 5.60. The number of halogens is 1. The van der Waals surface area contributed by atoms with Gasteiger partial charge in [0.1, 0.15) is 5.54 Å². The molecule has 0 heterocycles. The third-order valence-electron chi connectivity index (χ3n) is 2.80. The number of hydrogen-bond acceptors (Lipinski definition) is 4. The lowest BCUT2D eigenvalue weighted by atomic mass is 9.96. The van der Waals surface area contributed by atoms with Crippen LogP contribution in [0.5, 0.6) is 0 Å². The predicted octanol–water partition coefficient (Wildman–Crippen LogP) is 3.25. The Morgan fingerprint density at radius 3 is 2.63 bits per heavy atom. The van der Waals surface area contributed by atoms with Gasteiger partial charge in [0.25, 0.3) is 5.69 Å². The van der Waals surface area contributed by atoms with E-state index in [0.29, 0.717) is 15.7 Å². The van der Waals surface area contributed by atoms with E-state index in [1.54, 1.807) is 6.92 Å². The molecule has 0 saturated carbocycles. The highest BCUT2D eigenvalue weighted by molar-refractivity contribution is 14.1. The molecule has 0 radical (unpaired) electrons. The smallest absolute Gasteiger partial charge is 0.329 e. The normalized spacial score (nSPS) is 13.6. The number of non-ortho nitro benzene ring substituents is 1. The highest BCUT2D eigenvalue weighted by atomic mass is 127. The van der Waals surface area contributed by atoms with Crippen LogP contribution in [-0.2, 0) is 4.79 Å². The summed E-state index contributed by atoms with van der Waals surface area (Å²) in [5.74, 6) is -0.941. The maximum absolute atomic E-state index is 11.3. The van der Waals surface area contributed by atoms with Crippen LogP contribution in [0.3, 0.4) is 0 Å². The van der Waals surface area contributed by atoms with Gasteiger partial charge in [-0.05, 0) is 42.0 Å². The van der Waals surface area contributed by atoms with Crippen molar-refractivity contribution in [1.29, 1.82) is 0 Å². The average Bonchev–Trinajstić information content (AvgIpc) is 2.31. The Hall–Kier alpha value is -1.38. The van der Waals surface area contributed by atoms with E-state index < -0.39 is 16.4 Å². The van der Waals surface area contributed by atoms with Crippen molar-refractivity contribution in [1.82, 2.24) is 0 Å². The summed E-state index contributed by atoms with van der Waals surface area (Å²) in [5.41, 5.74) is -0.503. The number of rotatable bonds is 6. The number of nitrogens with one attached hydrogen (secondary N) is 1. The molecule has 0 aromatic heterocycles. The van der Waals surface area contributed by atoms with E-state index in [2.05, 4.69) is 5.32 Å². The molecule has 1 aromatic rings. The molecule has 0 fully saturated rings. The van der Waals surface area contributed by atoms with Gasteiger partial charge in [-0.15, -0.1) is 0 Å². The molecule has 6 nitrogen and oxygen atoms in total. The lowest BCUT2D eigenvalue weighted by molar-refractivity contribution is -0.384. The number of nitro benzene ring substituents is 1. The van der Waals surface area contributed by atoms with Gasteiger partial charge in [-0.25, -0.2) is 4.79 Å². The molecule has 0 aliphatic rings. The SMILES string of the molecule is CCCC(C)(Nc1ccc([N+](=O)[O-])cc1I)C(=O)O. The molecular formula is C12H15IN2O4. The van der Waals surface area contributed by atoms with E-state index in [9.17, 15) is 20.0 Å². The summed E-state index contributed by atoms with van der Waals surface area (Å²) in [6, 6.07) is 4.31. The van der Waals surface area contributed by atoms with E-state index >= 15 is 0 Å². The van der Waals surface area contributed by atoms with Gasteiger partial charge < -0.3 is 10.4 Å². The number of carboxylic acids is 1. The monoisotopic (exact) mass is 378 g/mol. The zero-order valence-corrected chi connectivity index (χ0v) is 12.8. The third-order valence-corrected chi connectivity index (χ3v) is 3.69. The highest BCUT2D eigenvalue weighted by Gasteiger charge is 2.32. The average molecular weight is 378 g/mol. The third kappa shape index (κ3) is 3.79. The molecule has 2 N–H and O–H groups in total. The van der Waals surface area contributed by atoms with E-state index in [4.69, 9.17) is 0 Å². The molecular weight excluding hydrogens is 363 g/mol. The fourth-order valence-corrected chi connectivity index (χ4v) is 2.37. The molecule has 1 rings (SSSR count). The first-order valence-electron chi connectivity index (χ1n) is 5.75. The van der Waals surface area contributed by atoms with Crippen LogP contribution in [0.25, 0.3) is 0 Å². The van der Waals surface area contributed by atoms with Gasteiger partial charge in [0.2, 0.25) is 0 Å². The summed E-state index contributed by atoms with van der Waals surface area (Å²) >= 11 is 1.95. The number of benzene rings is 1. The van der Waals surface area contributed by atoms with Gasteiger partial charge in [-0.1, -0.05) is 13.3 Å². The van der Waals surface area contributed by atoms with Gasteiger partial charge in [0, 0.05) is 21.4 Å². The van der Waals surface area contributed by atoms with Crippen molar-refractivity contribution in [3.05, 3.63) is 31.9 Å². The second-order valence-electron chi connectivity index (χ2n) is 4.43. The quantitative estimate of drug-likeness (QED) is 0.450. The molecule has 0 aliphatic heterocycles. The van der Waals surface area contributed by atoms with E-state index in [1.807, 2.05) is 29.5 Å². The number of nitro groups is 1. The van der Waals surface area contributed by atoms with Crippen molar-refractivity contribution in [3.63, 3.8) is 0 Å². The van der Waals surface area contributed by atoms with E-state index in [0.717, 1.165) is 6.42 Å². The standard InChI is InChI=1S/C12H15IN2O4/c1-3-6-12(2,11(16)17)14-10-5-4-8(15(18)19)7-9(10)13/h4-5,7,14H,3,6H2,1-2H3,(H,16,17). The van der Waals surface area contributed by atoms with Crippen molar-refractivity contribution in [2.75, 3.05) is 5.32 Å². The van der Waals surface area contributed by atoms with Gasteiger partial charge in [0.15, 0.2) is 0 Å². The minimum Gasteiger partial charge on any atom is -0.480 e. The van der Waals surface area contributed by atoms with Crippen molar-refractivity contribution < 1.29 is 14.8 Å². The van der Waals surface area contributed by atoms with Gasteiger partial charge >= 0.3 is 5.97 Å². The first-order valence-corrected chi connectivity index (χ1v) is 6.83. The summed E-state index contributed by atoms with van der Waals surface area (Å²) in [4.78, 5) is 21.5. The molecule has 104 valence electrons. The zero-order chi connectivity index (χ0) is 14.6.